The van der Waals surface area contributed by atoms with Gasteiger partial charge in [-0.25, -0.2) is 15.0 Å². The van der Waals surface area contributed by atoms with Gasteiger partial charge in [-0.3, -0.25) is 9.48 Å². The maximum absolute atomic E-state index is 13.0. The van der Waals surface area contributed by atoms with Crippen LogP contribution in [0.4, 0.5) is 5.69 Å². The van der Waals surface area contributed by atoms with Crippen LogP contribution < -0.4 is 5.32 Å². The van der Waals surface area contributed by atoms with E-state index in [0.29, 0.717) is 31.3 Å². The molecule has 3 aromatic heterocycles. The van der Waals surface area contributed by atoms with Crippen LogP contribution in [0, 0.1) is 20.8 Å². The van der Waals surface area contributed by atoms with E-state index in [1.54, 1.807) is 23.1 Å². The van der Waals surface area contributed by atoms with Gasteiger partial charge in [-0.15, -0.1) is 0 Å². The molecular weight excluding hydrogens is 464 g/mol. The fraction of sp³-hybridized carbons (Fsp3) is 0.207. The SMILES string of the molecule is Cc1cc(C)c2nc(-c3ccc(NC(=O)c4ccnn4CCOCc4ccccc4)c(C)c3)ncc2n1. The predicted molar refractivity (Wildman–Crippen MR) is 143 cm³/mol. The Kier molecular flexibility index (Phi) is 7.00. The number of benzene rings is 2. The largest absolute Gasteiger partial charge is 0.375 e. The zero-order chi connectivity index (χ0) is 25.8. The first-order chi connectivity index (χ1) is 18.0. The highest BCUT2D eigenvalue weighted by Crippen LogP contribution is 2.25. The van der Waals surface area contributed by atoms with Crippen LogP contribution in [0.25, 0.3) is 22.4 Å². The number of rotatable bonds is 8. The minimum Gasteiger partial charge on any atom is -0.375 e. The van der Waals surface area contributed by atoms with E-state index in [0.717, 1.165) is 44.7 Å². The molecule has 5 aromatic rings. The molecule has 0 atom stereocenters. The lowest BCUT2D eigenvalue weighted by molar-refractivity contribution is 0.0987. The molecule has 0 radical (unpaired) electrons. The zero-order valence-electron chi connectivity index (χ0n) is 21.1. The summed E-state index contributed by atoms with van der Waals surface area (Å²) in [7, 11) is 0. The average Bonchev–Trinajstić information content (AvgIpc) is 3.37. The molecule has 0 aliphatic rings. The van der Waals surface area contributed by atoms with Crippen LogP contribution in [0.2, 0.25) is 0 Å². The molecule has 0 spiro atoms. The van der Waals surface area contributed by atoms with E-state index in [9.17, 15) is 4.79 Å². The molecule has 0 aliphatic heterocycles. The number of carbonyl (C=O) groups excluding carboxylic acids is 1. The fourth-order valence-corrected chi connectivity index (χ4v) is 4.24. The van der Waals surface area contributed by atoms with Crippen LogP contribution in [0.15, 0.2) is 73.1 Å². The molecule has 1 amide bonds. The van der Waals surface area contributed by atoms with Crippen LogP contribution in [0.5, 0.6) is 0 Å². The molecule has 1 N–H and O–H groups in total. The molecule has 3 heterocycles. The number of amides is 1. The first-order valence-electron chi connectivity index (χ1n) is 12.1. The van der Waals surface area contributed by atoms with Crippen molar-refractivity contribution in [3.05, 3.63) is 101 Å². The second-order valence-corrected chi connectivity index (χ2v) is 8.97. The molecule has 186 valence electrons. The third-order valence-corrected chi connectivity index (χ3v) is 6.11. The van der Waals surface area contributed by atoms with Crippen molar-refractivity contribution in [3.8, 4) is 11.4 Å². The van der Waals surface area contributed by atoms with Crippen molar-refractivity contribution < 1.29 is 9.53 Å². The molecule has 8 heteroatoms. The summed E-state index contributed by atoms with van der Waals surface area (Å²) in [5.41, 5.74) is 7.71. The minimum absolute atomic E-state index is 0.226. The molecule has 8 nitrogen and oxygen atoms in total. The number of aryl methyl sites for hydroxylation is 3. The highest BCUT2D eigenvalue weighted by molar-refractivity contribution is 6.03. The van der Waals surface area contributed by atoms with Crippen LogP contribution in [0.1, 0.15) is 32.9 Å². The van der Waals surface area contributed by atoms with E-state index in [-0.39, 0.29) is 5.91 Å². The average molecular weight is 493 g/mol. The molecule has 0 fully saturated rings. The molecule has 0 aliphatic carbocycles. The Morgan fingerprint density at radius 1 is 0.973 bits per heavy atom. The number of ether oxygens (including phenoxy) is 1. The monoisotopic (exact) mass is 492 g/mol. The predicted octanol–water partition coefficient (Wildman–Crippen LogP) is 5.28. The van der Waals surface area contributed by atoms with E-state index in [1.807, 2.05) is 75.4 Å². The highest BCUT2D eigenvalue weighted by Gasteiger charge is 2.14. The van der Waals surface area contributed by atoms with Crippen LogP contribution in [-0.4, -0.2) is 37.2 Å². The Bertz CT molecular complexity index is 1560. The highest BCUT2D eigenvalue weighted by atomic mass is 16.5. The van der Waals surface area contributed by atoms with Gasteiger partial charge in [0, 0.05) is 23.1 Å². The molecule has 5 rings (SSSR count). The van der Waals surface area contributed by atoms with Gasteiger partial charge in [-0.1, -0.05) is 30.3 Å². The van der Waals surface area contributed by atoms with Crippen molar-refractivity contribution in [1.29, 1.82) is 0 Å². The number of anilines is 1. The summed E-state index contributed by atoms with van der Waals surface area (Å²) < 4.78 is 7.41. The van der Waals surface area contributed by atoms with Gasteiger partial charge in [-0.2, -0.15) is 5.10 Å². The third-order valence-electron chi connectivity index (χ3n) is 6.11. The Morgan fingerprint density at radius 3 is 2.62 bits per heavy atom. The third kappa shape index (κ3) is 5.54. The molecule has 0 unspecified atom stereocenters. The van der Waals surface area contributed by atoms with Gasteiger partial charge < -0.3 is 10.1 Å². The van der Waals surface area contributed by atoms with E-state index in [4.69, 9.17) is 9.72 Å². The van der Waals surface area contributed by atoms with Gasteiger partial charge in [0.05, 0.1) is 31.5 Å². The van der Waals surface area contributed by atoms with Gasteiger partial charge in [0.2, 0.25) is 0 Å². The molecule has 37 heavy (non-hydrogen) atoms. The Hall–Kier alpha value is -4.43. The first-order valence-corrected chi connectivity index (χ1v) is 12.1. The lowest BCUT2D eigenvalue weighted by atomic mass is 10.1. The van der Waals surface area contributed by atoms with E-state index in [2.05, 4.69) is 20.4 Å². The van der Waals surface area contributed by atoms with Crippen molar-refractivity contribution in [3.63, 3.8) is 0 Å². The normalized spacial score (nSPS) is 11.1. The van der Waals surface area contributed by atoms with E-state index >= 15 is 0 Å². The second kappa shape index (κ2) is 10.7. The first kappa shape index (κ1) is 24.3. The molecule has 0 saturated carbocycles. The zero-order valence-corrected chi connectivity index (χ0v) is 21.1. The molecular formula is C29H28N6O2. The summed E-state index contributed by atoms with van der Waals surface area (Å²) >= 11 is 0. The smallest absolute Gasteiger partial charge is 0.273 e. The number of pyridine rings is 1. The lowest BCUT2D eigenvalue weighted by Crippen LogP contribution is -2.20. The van der Waals surface area contributed by atoms with E-state index in [1.165, 1.54) is 0 Å². The number of hydrogen-bond acceptors (Lipinski definition) is 6. The minimum atomic E-state index is -0.226. The van der Waals surface area contributed by atoms with Gasteiger partial charge in [0.15, 0.2) is 5.82 Å². The number of fused-ring (bicyclic) bond motifs is 1. The Morgan fingerprint density at radius 2 is 1.81 bits per heavy atom. The van der Waals surface area contributed by atoms with Gasteiger partial charge in [0.1, 0.15) is 11.2 Å². The maximum Gasteiger partial charge on any atom is 0.273 e. The van der Waals surface area contributed by atoms with Crippen LogP contribution in [0.3, 0.4) is 0 Å². The standard InChI is InChI=1S/C29H28N6O2/c1-19-16-23(28-30-17-25-27(34-28)20(2)15-21(3)32-25)9-10-24(19)33-29(36)26-11-12-31-35(26)13-14-37-18-22-7-5-4-6-8-22/h4-12,15-17H,13-14,18H2,1-3H3,(H,33,36). The summed E-state index contributed by atoms with van der Waals surface area (Å²) in [6, 6.07) is 19.5. The van der Waals surface area contributed by atoms with Crippen LogP contribution >= 0.6 is 0 Å². The summed E-state index contributed by atoms with van der Waals surface area (Å²) in [5, 5.41) is 7.29. The van der Waals surface area contributed by atoms with Crippen molar-refractivity contribution in [2.24, 2.45) is 0 Å². The van der Waals surface area contributed by atoms with Gasteiger partial charge in [-0.05, 0) is 67.8 Å². The van der Waals surface area contributed by atoms with Crippen molar-refractivity contribution in [1.82, 2.24) is 24.7 Å². The number of carbonyl (C=O) groups is 1. The molecule has 0 saturated heterocycles. The number of hydrogen-bond donors (Lipinski definition) is 1. The summed E-state index contributed by atoms with van der Waals surface area (Å²) in [6.45, 7) is 7.39. The topological polar surface area (TPSA) is 94.8 Å². The van der Waals surface area contributed by atoms with E-state index < -0.39 is 0 Å². The Balaban J connectivity index is 1.25. The summed E-state index contributed by atoms with van der Waals surface area (Å²) in [6.07, 6.45) is 3.38. The van der Waals surface area contributed by atoms with Crippen molar-refractivity contribution in [2.45, 2.75) is 33.9 Å². The molecule has 2 aromatic carbocycles. The van der Waals surface area contributed by atoms with Gasteiger partial charge in [0.25, 0.3) is 5.91 Å². The van der Waals surface area contributed by atoms with Gasteiger partial charge >= 0.3 is 0 Å². The second-order valence-electron chi connectivity index (χ2n) is 8.97. The summed E-state index contributed by atoms with van der Waals surface area (Å²) in [5.74, 6) is 0.395. The number of nitrogens with one attached hydrogen (secondary N) is 1. The Labute approximate surface area is 215 Å². The molecule has 0 bridgehead atoms. The van der Waals surface area contributed by atoms with Crippen molar-refractivity contribution >= 4 is 22.6 Å². The van der Waals surface area contributed by atoms with Crippen LogP contribution in [-0.2, 0) is 17.9 Å². The lowest BCUT2D eigenvalue weighted by Gasteiger charge is -2.12. The fourth-order valence-electron chi connectivity index (χ4n) is 4.24. The summed E-state index contributed by atoms with van der Waals surface area (Å²) in [4.78, 5) is 26.8. The number of nitrogens with zero attached hydrogens (tertiary/aromatic N) is 5. The maximum atomic E-state index is 13.0. The number of aromatic nitrogens is 5. The quantitative estimate of drug-likeness (QED) is 0.296. The van der Waals surface area contributed by atoms with Crippen molar-refractivity contribution in [2.75, 3.05) is 11.9 Å².